The second-order valence-corrected chi connectivity index (χ2v) is 7.52. The minimum atomic E-state index is -3.96. The highest BCUT2D eigenvalue weighted by Crippen LogP contribution is 2.08. The predicted octanol–water partition coefficient (Wildman–Crippen LogP) is 0.300. The number of sulfone groups is 1. The second-order valence-electron chi connectivity index (χ2n) is 5.45. The molecule has 0 saturated heterocycles. The molecule has 1 N–H and O–H groups in total. The molecule has 146 valence electrons. The lowest BCUT2D eigenvalue weighted by atomic mass is 10.3. The van der Waals surface area contributed by atoms with Crippen LogP contribution in [0.25, 0.3) is 0 Å². The normalized spacial score (nSPS) is 11.2. The molecular weight excluding hydrogens is 367 g/mol. The maximum atomic E-state index is 12.8. The number of benzene rings is 1. The molecule has 1 rings (SSSR count). The van der Waals surface area contributed by atoms with E-state index in [1.807, 2.05) is 0 Å². The topological polar surface area (TPSA) is 102 Å². The van der Waals surface area contributed by atoms with E-state index in [0.717, 1.165) is 12.1 Å². The van der Waals surface area contributed by atoms with Crippen LogP contribution in [0.2, 0.25) is 0 Å². The average Bonchev–Trinajstić information content (AvgIpc) is 2.56. The molecule has 1 aromatic rings. The lowest BCUT2D eigenvalue weighted by Gasteiger charge is -2.21. The molecule has 1 aromatic carbocycles. The Balaban J connectivity index is 2.62. The van der Waals surface area contributed by atoms with Gasteiger partial charge in [-0.05, 0) is 24.3 Å². The third kappa shape index (κ3) is 8.37. The van der Waals surface area contributed by atoms with Gasteiger partial charge in [0.1, 0.15) is 17.3 Å². The van der Waals surface area contributed by atoms with Crippen molar-refractivity contribution in [3.63, 3.8) is 0 Å². The Morgan fingerprint density at radius 1 is 1.04 bits per heavy atom. The Bertz CT molecular complexity index is 685. The summed E-state index contributed by atoms with van der Waals surface area (Å²) in [4.78, 5) is 25.4. The number of halogens is 1. The van der Waals surface area contributed by atoms with Crippen LogP contribution in [0.4, 0.5) is 10.1 Å². The summed E-state index contributed by atoms with van der Waals surface area (Å²) in [6.07, 6.45) is 0. The van der Waals surface area contributed by atoms with Crippen LogP contribution in [-0.4, -0.2) is 77.2 Å². The van der Waals surface area contributed by atoms with Crippen LogP contribution >= 0.6 is 0 Å². The number of hydrogen-bond acceptors (Lipinski definition) is 6. The van der Waals surface area contributed by atoms with Crippen molar-refractivity contribution in [2.45, 2.75) is 0 Å². The summed E-state index contributed by atoms with van der Waals surface area (Å²) in [6, 6.07) is 4.89. The predicted molar refractivity (Wildman–Crippen MR) is 94.0 cm³/mol. The zero-order valence-corrected chi connectivity index (χ0v) is 15.6. The fraction of sp³-hybridized carbons (Fsp3) is 0.500. The van der Waals surface area contributed by atoms with Crippen molar-refractivity contribution in [3.8, 4) is 0 Å². The lowest BCUT2D eigenvalue weighted by molar-refractivity contribution is -0.129. The number of ether oxygens (including phenoxy) is 2. The molecule has 0 aliphatic rings. The Hall–Kier alpha value is -2.04. The molecule has 8 nitrogen and oxygen atoms in total. The summed E-state index contributed by atoms with van der Waals surface area (Å²) < 4.78 is 46.9. The molecule has 2 amide bonds. The highest BCUT2D eigenvalue weighted by Gasteiger charge is 2.24. The van der Waals surface area contributed by atoms with Gasteiger partial charge in [0, 0.05) is 33.0 Å². The van der Waals surface area contributed by atoms with Crippen molar-refractivity contribution in [2.75, 3.05) is 57.3 Å². The number of methoxy groups -OCH3 is 2. The van der Waals surface area contributed by atoms with Gasteiger partial charge < -0.3 is 19.7 Å². The number of rotatable bonds is 11. The van der Waals surface area contributed by atoms with Crippen LogP contribution in [-0.2, 0) is 28.9 Å². The van der Waals surface area contributed by atoms with Crippen molar-refractivity contribution in [2.24, 2.45) is 0 Å². The van der Waals surface area contributed by atoms with E-state index < -0.39 is 39.0 Å². The smallest absolute Gasteiger partial charge is 0.239 e. The summed E-state index contributed by atoms with van der Waals surface area (Å²) >= 11 is 0. The van der Waals surface area contributed by atoms with Crippen LogP contribution in [0.1, 0.15) is 0 Å². The summed E-state index contributed by atoms with van der Waals surface area (Å²) in [6.45, 7) is 0.938. The van der Waals surface area contributed by atoms with Gasteiger partial charge in [-0.25, -0.2) is 12.8 Å². The number of anilines is 1. The highest BCUT2D eigenvalue weighted by atomic mass is 32.2. The van der Waals surface area contributed by atoms with E-state index >= 15 is 0 Å². The highest BCUT2D eigenvalue weighted by molar-refractivity contribution is 7.92. The maximum absolute atomic E-state index is 12.8. The van der Waals surface area contributed by atoms with Crippen LogP contribution in [0, 0.1) is 5.82 Å². The van der Waals surface area contributed by atoms with Gasteiger partial charge in [0.25, 0.3) is 0 Å². The van der Waals surface area contributed by atoms with Crippen molar-refractivity contribution in [1.82, 2.24) is 4.90 Å². The molecule has 0 aliphatic carbocycles. The largest absolute Gasteiger partial charge is 0.383 e. The quantitative estimate of drug-likeness (QED) is 0.583. The third-order valence-corrected chi connectivity index (χ3v) is 4.69. The van der Waals surface area contributed by atoms with Gasteiger partial charge in [0.05, 0.1) is 13.2 Å². The van der Waals surface area contributed by atoms with Crippen molar-refractivity contribution in [1.29, 1.82) is 0 Å². The van der Waals surface area contributed by atoms with E-state index in [0.29, 0.717) is 0 Å². The van der Waals surface area contributed by atoms with Gasteiger partial charge in [0.15, 0.2) is 9.84 Å². The molecule has 0 atom stereocenters. The first-order valence-corrected chi connectivity index (χ1v) is 9.61. The van der Waals surface area contributed by atoms with E-state index in [2.05, 4.69) is 5.32 Å². The van der Waals surface area contributed by atoms with Gasteiger partial charge >= 0.3 is 0 Å². The number of nitrogens with one attached hydrogen (secondary N) is 1. The van der Waals surface area contributed by atoms with Gasteiger partial charge in [-0.1, -0.05) is 0 Å². The first kappa shape index (κ1) is 22.0. The van der Waals surface area contributed by atoms with Crippen LogP contribution in [0.5, 0.6) is 0 Å². The number of hydrogen-bond donors (Lipinski definition) is 1. The molecule has 0 aromatic heterocycles. The molecule has 0 unspecified atom stereocenters. The molecule has 0 spiro atoms. The Morgan fingerprint density at radius 2 is 1.58 bits per heavy atom. The molecular formula is C16H23FN2O6S. The molecule has 26 heavy (non-hydrogen) atoms. The van der Waals surface area contributed by atoms with Crippen molar-refractivity contribution >= 4 is 27.3 Å². The molecule has 0 bridgehead atoms. The molecule has 0 aliphatic heterocycles. The van der Waals surface area contributed by atoms with Gasteiger partial charge in [-0.3, -0.25) is 9.59 Å². The Morgan fingerprint density at radius 3 is 2.08 bits per heavy atom. The number of carbonyl (C=O) groups excluding carboxylic acids is 2. The van der Waals surface area contributed by atoms with E-state index in [9.17, 15) is 22.4 Å². The van der Waals surface area contributed by atoms with E-state index in [1.165, 1.54) is 31.3 Å². The average molecular weight is 390 g/mol. The molecule has 0 heterocycles. The van der Waals surface area contributed by atoms with Gasteiger partial charge in [-0.15, -0.1) is 0 Å². The maximum Gasteiger partial charge on any atom is 0.239 e. The summed E-state index contributed by atoms with van der Waals surface area (Å²) in [5.41, 5.74) is 0.264. The number of amides is 2. The Labute approximate surface area is 152 Å². The third-order valence-electron chi connectivity index (χ3n) is 3.31. The summed E-state index contributed by atoms with van der Waals surface area (Å²) in [5.74, 6) is -3.55. The van der Waals surface area contributed by atoms with Crippen LogP contribution in [0.3, 0.4) is 0 Å². The minimum absolute atomic E-state index is 0.218. The van der Waals surface area contributed by atoms with Crippen LogP contribution < -0.4 is 5.32 Å². The second kappa shape index (κ2) is 10.8. The van der Waals surface area contributed by atoms with E-state index in [4.69, 9.17) is 9.47 Å². The zero-order chi connectivity index (χ0) is 19.6. The monoisotopic (exact) mass is 390 g/mol. The Kier molecular flexibility index (Phi) is 9.17. The number of carbonyl (C=O) groups is 2. The first-order chi connectivity index (χ1) is 12.3. The summed E-state index contributed by atoms with van der Waals surface area (Å²) in [7, 11) is -1.03. The molecule has 0 fully saturated rings. The number of nitrogens with zero attached hydrogens (tertiary/aromatic N) is 1. The van der Waals surface area contributed by atoms with Crippen molar-refractivity contribution < 1.29 is 31.9 Å². The fourth-order valence-corrected chi connectivity index (χ4v) is 3.16. The lowest BCUT2D eigenvalue weighted by Crippen LogP contribution is -2.41. The molecule has 10 heteroatoms. The van der Waals surface area contributed by atoms with E-state index in [1.54, 1.807) is 0 Å². The fourth-order valence-electron chi connectivity index (χ4n) is 2.02. The first-order valence-electron chi connectivity index (χ1n) is 7.79. The zero-order valence-electron chi connectivity index (χ0n) is 14.7. The van der Waals surface area contributed by atoms with Crippen molar-refractivity contribution in [3.05, 3.63) is 30.1 Å². The molecule has 0 radical (unpaired) electrons. The summed E-state index contributed by atoms with van der Waals surface area (Å²) in [5, 5.41) is 2.35. The van der Waals surface area contributed by atoms with Crippen LogP contribution in [0.15, 0.2) is 24.3 Å². The SMILES string of the molecule is COCCN(CCOC)C(=O)CS(=O)(=O)CC(=O)Nc1ccc(F)cc1. The minimum Gasteiger partial charge on any atom is -0.383 e. The molecule has 0 saturated carbocycles. The van der Waals surface area contributed by atoms with E-state index in [-0.39, 0.29) is 32.0 Å². The van der Waals surface area contributed by atoms with Gasteiger partial charge in [0.2, 0.25) is 11.8 Å². The van der Waals surface area contributed by atoms with Gasteiger partial charge in [-0.2, -0.15) is 0 Å². The standard InChI is InChI=1S/C16H23FN2O6S/c1-24-9-7-19(8-10-25-2)16(21)12-26(22,23)11-15(20)18-14-5-3-13(17)4-6-14/h3-6H,7-12H2,1-2H3,(H,18,20).